The van der Waals surface area contributed by atoms with Crippen molar-refractivity contribution in [2.24, 2.45) is 10.2 Å². The number of rotatable bonds is 4. The average molecular weight is 443 g/mol. The highest BCUT2D eigenvalue weighted by Gasteiger charge is 2.34. The highest BCUT2D eigenvalue weighted by Crippen LogP contribution is 2.34. The molecule has 6 nitrogen and oxygen atoms in total. The van der Waals surface area contributed by atoms with Gasteiger partial charge in [-0.3, -0.25) is 4.21 Å². The van der Waals surface area contributed by atoms with E-state index in [1.165, 1.54) is 24.3 Å². The quantitative estimate of drug-likeness (QED) is 0.580. The fourth-order valence-corrected chi connectivity index (χ4v) is 4.32. The summed E-state index contributed by atoms with van der Waals surface area (Å²) < 4.78 is 74.7. The second-order valence-electron chi connectivity index (χ2n) is 6.13. The first-order valence-corrected chi connectivity index (χ1v) is 11.1. The van der Waals surface area contributed by atoms with Gasteiger partial charge in [-0.2, -0.15) is 18.3 Å². The molecular formula is C18H16F3N3O3S2. The standard InChI is InChI=1S/C18H16F3N3O3S2/c1-12(18(19,20)21)23-24(13-6-8-14(9-7-13)29(22,26)27)16-10-11-28(25)17-5-3-2-4-15(16)17/h2-10H,11H2,1H3,(H2,22,26,27)/b23-12+. The van der Waals surface area contributed by atoms with Gasteiger partial charge in [0.25, 0.3) is 0 Å². The lowest BCUT2D eigenvalue weighted by molar-refractivity contribution is -0.0594. The van der Waals surface area contributed by atoms with Crippen LogP contribution in [0.25, 0.3) is 5.70 Å². The molecule has 1 heterocycles. The van der Waals surface area contributed by atoms with Crippen LogP contribution in [0.15, 0.2) is 69.5 Å². The SMILES string of the molecule is C/C(=N\N(C1=CCS(=O)c2ccccc21)c1ccc(S(N)(=O)=O)cc1)C(F)(F)F. The minimum atomic E-state index is -4.66. The molecule has 0 fully saturated rings. The first kappa shape index (κ1) is 21.2. The van der Waals surface area contributed by atoms with E-state index >= 15 is 0 Å². The van der Waals surface area contributed by atoms with Crippen LogP contribution >= 0.6 is 0 Å². The first-order chi connectivity index (χ1) is 13.5. The summed E-state index contributed by atoms with van der Waals surface area (Å²) in [5.74, 6) is 0.110. The molecule has 0 bridgehead atoms. The summed E-state index contributed by atoms with van der Waals surface area (Å²) in [5, 5.41) is 9.87. The average Bonchev–Trinajstić information content (AvgIpc) is 2.65. The van der Waals surface area contributed by atoms with Gasteiger partial charge in [0.2, 0.25) is 10.0 Å². The number of anilines is 1. The third kappa shape index (κ3) is 4.57. The summed E-state index contributed by atoms with van der Waals surface area (Å²) in [6.45, 7) is 0.832. The molecule has 29 heavy (non-hydrogen) atoms. The molecule has 0 amide bonds. The number of primary sulfonamides is 1. The Hall–Kier alpha value is -2.50. The molecule has 1 unspecified atom stereocenters. The summed E-state index contributed by atoms with van der Waals surface area (Å²) in [6, 6.07) is 11.6. The number of benzene rings is 2. The third-order valence-electron chi connectivity index (χ3n) is 4.13. The van der Waals surface area contributed by atoms with Gasteiger partial charge in [0.1, 0.15) is 5.71 Å². The summed E-state index contributed by atoms with van der Waals surface area (Å²) in [5.41, 5.74) is -0.119. The van der Waals surface area contributed by atoms with Crippen LogP contribution in [0.1, 0.15) is 12.5 Å². The molecule has 154 valence electrons. The van der Waals surface area contributed by atoms with Crippen molar-refractivity contribution in [3.63, 3.8) is 0 Å². The van der Waals surface area contributed by atoms with Crippen molar-refractivity contribution in [1.29, 1.82) is 0 Å². The zero-order chi connectivity index (χ0) is 21.4. The minimum Gasteiger partial charge on any atom is -0.254 e. The molecule has 3 rings (SSSR count). The smallest absolute Gasteiger partial charge is 0.254 e. The molecule has 1 atom stereocenters. The van der Waals surface area contributed by atoms with Crippen molar-refractivity contribution < 1.29 is 25.8 Å². The largest absolute Gasteiger partial charge is 0.430 e. The van der Waals surface area contributed by atoms with Gasteiger partial charge < -0.3 is 0 Å². The maximum atomic E-state index is 13.1. The Kier molecular flexibility index (Phi) is 5.65. The van der Waals surface area contributed by atoms with Crippen LogP contribution in [-0.4, -0.2) is 30.3 Å². The Morgan fingerprint density at radius 1 is 1.14 bits per heavy atom. The van der Waals surface area contributed by atoms with E-state index in [4.69, 9.17) is 5.14 Å². The number of hydrogen-bond acceptors (Lipinski definition) is 5. The van der Waals surface area contributed by atoms with Gasteiger partial charge in [-0.1, -0.05) is 18.2 Å². The lowest BCUT2D eigenvalue weighted by Gasteiger charge is -2.27. The number of nitrogens with two attached hydrogens (primary N) is 1. The Morgan fingerprint density at radius 2 is 1.76 bits per heavy atom. The Balaban J connectivity index is 2.16. The number of sulfonamides is 1. The van der Waals surface area contributed by atoms with Crippen LogP contribution in [0.4, 0.5) is 18.9 Å². The van der Waals surface area contributed by atoms with Gasteiger partial charge in [0, 0.05) is 16.2 Å². The Morgan fingerprint density at radius 3 is 2.34 bits per heavy atom. The van der Waals surface area contributed by atoms with Crippen molar-refractivity contribution in [2.75, 3.05) is 10.8 Å². The fourth-order valence-electron chi connectivity index (χ4n) is 2.67. The topological polar surface area (TPSA) is 92.8 Å². The second-order valence-corrected chi connectivity index (χ2v) is 9.16. The van der Waals surface area contributed by atoms with Gasteiger partial charge in [-0.15, -0.1) is 0 Å². The number of hydrogen-bond donors (Lipinski definition) is 1. The van der Waals surface area contributed by atoms with Gasteiger partial charge in [-0.05, 0) is 43.3 Å². The van der Waals surface area contributed by atoms with Crippen molar-refractivity contribution in [3.05, 3.63) is 60.2 Å². The van der Waals surface area contributed by atoms with Gasteiger partial charge in [0.05, 0.1) is 27.1 Å². The zero-order valence-corrected chi connectivity index (χ0v) is 16.7. The second kappa shape index (κ2) is 7.73. The number of alkyl halides is 3. The first-order valence-electron chi connectivity index (χ1n) is 8.22. The molecule has 0 aromatic heterocycles. The number of fused-ring (bicyclic) bond motifs is 1. The summed E-state index contributed by atoms with van der Waals surface area (Å²) in [6.07, 6.45) is -3.12. The van der Waals surface area contributed by atoms with E-state index in [2.05, 4.69) is 5.10 Å². The molecular weight excluding hydrogens is 427 g/mol. The number of halogens is 3. The molecule has 2 aromatic carbocycles. The van der Waals surface area contributed by atoms with Crippen LogP contribution in [0.5, 0.6) is 0 Å². The van der Waals surface area contributed by atoms with E-state index in [-0.39, 0.29) is 16.3 Å². The van der Waals surface area contributed by atoms with Crippen LogP contribution in [0.3, 0.4) is 0 Å². The fraction of sp³-hybridized carbons (Fsp3) is 0.167. The number of nitrogens with zero attached hydrogens (tertiary/aromatic N) is 2. The van der Waals surface area contributed by atoms with E-state index in [1.54, 1.807) is 30.3 Å². The van der Waals surface area contributed by atoms with Crippen LogP contribution in [-0.2, 0) is 20.8 Å². The maximum absolute atomic E-state index is 13.1. The monoisotopic (exact) mass is 443 g/mol. The molecule has 0 saturated carbocycles. The Labute approximate surface area is 168 Å². The van der Waals surface area contributed by atoms with Gasteiger partial charge in [0.15, 0.2) is 0 Å². The van der Waals surface area contributed by atoms with E-state index in [0.29, 0.717) is 16.2 Å². The molecule has 0 spiro atoms. The molecule has 0 radical (unpaired) electrons. The molecule has 11 heteroatoms. The molecule has 1 aliphatic heterocycles. The molecule has 2 N–H and O–H groups in total. The van der Waals surface area contributed by atoms with E-state index in [0.717, 1.165) is 11.9 Å². The summed E-state index contributed by atoms with van der Waals surface area (Å²) in [7, 11) is -5.29. The molecule has 0 aliphatic carbocycles. The third-order valence-corrected chi connectivity index (χ3v) is 6.38. The normalized spacial score (nSPS) is 17.5. The van der Waals surface area contributed by atoms with Crippen molar-refractivity contribution >= 4 is 37.9 Å². The summed E-state index contributed by atoms with van der Waals surface area (Å²) in [4.78, 5) is 0.299. The van der Waals surface area contributed by atoms with Crippen molar-refractivity contribution in [1.82, 2.24) is 0 Å². The van der Waals surface area contributed by atoms with E-state index in [9.17, 15) is 25.8 Å². The van der Waals surface area contributed by atoms with E-state index < -0.39 is 32.7 Å². The Bertz CT molecular complexity index is 1130. The van der Waals surface area contributed by atoms with Gasteiger partial charge in [-0.25, -0.2) is 18.6 Å². The molecule has 2 aromatic rings. The minimum absolute atomic E-state index is 0.110. The predicted molar refractivity (Wildman–Crippen MR) is 105 cm³/mol. The number of hydrazone groups is 1. The molecule has 0 saturated heterocycles. The van der Waals surface area contributed by atoms with Gasteiger partial charge >= 0.3 is 6.18 Å². The summed E-state index contributed by atoms with van der Waals surface area (Å²) >= 11 is 0. The highest BCUT2D eigenvalue weighted by atomic mass is 32.2. The zero-order valence-electron chi connectivity index (χ0n) is 15.1. The van der Waals surface area contributed by atoms with Crippen molar-refractivity contribution in [2.45, 2.75) is 22.9 Å². The van der Waals surface area contributed by atoms with Crippen LogP contribution < -0.4 is 10.1 Å². The lowest BCUT2D eigenvalue weighted by atomic mass is 10.1. The predicted octanol–water partition coefficient (Wildman–Crippen LogP) is 3.24. The van der Waals surface area contributed by atoms with Crippen molar-refractivity contribution in [3.8, 4) is 0 Å². The molecule has 1 aliphatic rings. The maximum Gasteiger partial charge on any atom is 0.430 e. The van der Waals surface area contributed by atoms with Crippen LogP contribution in [0, 0.1) is 0 Å². The van der Waals surface area contributed by atoms with E-state index in [1.807, 2.05) is 0 Å². The highest BCUT2D eigenvalue weighted by molar-refractivity contribution is 7.89. The lowest BCUT2D eigenvalue weighted by Crippen LogP contribution is -2.27. The van der Waals surface area contributed by atoms with Crippen LogP contribution in [0.2, 0.25) is 0 Å².